The van der Waals surface area contributed by atoms with Crippen molar-refractivity contribution >= 4 is 11.8 Å². The highest BCUT2D eigenvalue weighted by molar-refractivity contribution is 7.99. The summed E-state index contributed by atoms with van der Waals surface area (Å²) in [6, 6.07) is 0.746. The van der Waals surface area contributed by atoms with Crippen molar-refractivity contribution < 1.29 is 0 Å². The molecule has 1 atom stereocenters. The molecule has 1 aliphatic rings. The fraction of sp³-hybridized carbons (Fsp3) is 1.00. The van der Waals surface area contributed by atoms with Gasteiger partial charge in [-0.2, -0.15) is 11.8 Å². The molecule has 1 N–H and O–H groups in total. The largest absolute Gasteiger partial charge is 0.316 e. The number of thioether (sulfide) groups is 1. The Bertz CT molecular complexity index is 151. The smallest absolute Gasteiger partial charge is 0.0183 e. The first-order valence-electron chi connectivity index (χ1n) is 6.53. The lowest BCUT2D eigenvalue weighted by molar-refractivity contribution is 0.358. The van der Waals surface area contributed by atoms with Crippen molar-refractivity contribution in [3.05, 3.63) is 0 Å². The first-order valence-corrected chi connectivity index (χ1v) is 7.57. The average Bonchev–Trinajstić information content (AvgIpc) is 2.47. The van der Waals surface area contributed by atoms with Crippen LogP contribution >= 0.6 is 11.8 Å². The zero-order valence-electron chi connectivity index (χ0n) is 10.6. The van der Waals surface area contributed by atoms with Gasteiger partial charge in [0.2, 0.25) is 0 Å². The van der Waals surface area contributed by atoms with Crippen molar-refractivity contribution in [2.24, 2.45) is 5.92 Å². The molecular formula is C13H27NS. The molecule has 1 rings (SSSR count). The third-order valence-corrected chi connectivity index (χ3v) is 4.67. The van der Waals surface area contributed by atoms with Gasteiger partial charge in [-0.3, -0.25) is 0 Å². The molecule has 15 heavy (non-hydrogen) atoms. The summed E-state index contributed by atoms with van der Waals surface area (Å²) in [4.78, 5) is 0. The van der Waals surface area contributed by atoms with Crippen molar-refractivity contribution in [1.29, 1.82) is 0 Å². The summed E-state index contributed by atoms with van der Waals surface area (Å²) in [6.45, 7) is 4.59. The van der Waals surface area contributed by atoms with E-state index in [2.05, 4.69) is 38.0 Å². The van der Waals surface area contributed by atoms with Gasteiger partial charge in [0.15, 0.2) is 0 Å². The lowest BCUT2D eigenvalue weighted by Crippen LogP contribution is -2.36. The molecule has 90 valence electrons. The average molecular weight is 229 g/mol. The van der Waals surface area contributed by atoms with Gasteiger partial charge in [-0.15, -0.1) is 0 Å². The van der Waals surface area contributed by atoms with Crippen molar-refractivity contribution in [1.82, 2.24) is 5.32 Å². The van der Waals surface area contributed by atoms with E-state index >= 15 is 0 Å². The standard InChI is InChI=1S/C13H27NS/c1-11(2)15-10-13(14-3)12-8-6-4-5-7-9-12/h11-14H,4-10H2,1-3H3. The van der Waals surface area contributed by atoms with Gasteiger partial charge in [0.1, 0.15) is 0 Å². The Morgan fingerprint density at radius 1 is 1.13 bits per heavy atom. The zero-order valence-corrected chi connectivity index (χ0v) is 11.4. The van der Waals surface area contributed by atoms with Crippen molar-refractivity contribution in [2.45, 2.75) is 63.7 Å². The Kier molecular flexibility index (Phi) is 6.74. The Balaban J connectivity index is 2.34. The molecule has 1 fully saturated rings. The molecule has 0 aromatic carbocycles. The summed E-state index contributed by atoms with van der Waals surface area (Å²) in [5, 5.41) is 4.30. The summed E-state index contributed by atoms with van der Waals surface area (Å²) in [5.74, 6) is 2.22. The first kappa shape index (κ1) is 13.4. The minimum Gasteiger partial charge on any atom is -0.316 e. The van der Waals surface area contributed by atoms with Crippen LogP contribution in [0.2, 0.25) is 0 Å². The third kappa shape index (κ3) is 5.26. The molecule has 1 unspecified atom stereocenters. The summed E-state index contributed by atoms with van der Waals surface area (Å²) >= 11 is 2.10. The van der Waals surface area contributed by atoms with Crippen LogP contribution < -0.4 is 5.32 Å². The Hall–Kier alpha value is 0.310. The van der Waals surface area contributed by atoms with Gasteiger partial charge in [-0.1, -0.05) is 39.5 Å². The zero-order chi connectivity index (χ0) is 11.1. The summed E-state index contributed by atoms with van der Waals surface area (Å²) in [6.07, 6.45) is 8.73. The van der Waals surface area contributed by atoms with Gasteiger partial charge in [-0.25, -0.2) is 0 Å². The van der Waals surface area contributed by atoms with E-state index in [1.807, 2.05) is 0 Å². The van der Waals surface area contributed by atoms with Crippen molar-refractivity contribution in [3.8, 4) is 0 Å². The highest BCUT2D eigenvalue weighted by Gasteiger charge is 2.21. The van der Waals surface area contributed by atoms with Gasteiger partial charge in [0.05, 0.1) is 0 Å². The second-order valence-electron chi connectivity index (χ2n) is 5.03. The van der Waals surface area contributed by atoms with Gasteiger partial charge < -0.3 is 5.32 Å². The molecule has 1 nitrogen and oxygen atoms in total. The highest BCUT2D eigenvalue weighted by atomic mass is 32.2. The molecule has 0 heterocycles. The molecule has 1 saturated carbocycles. The molecule has 0 amide bonds. The van der Waals surface area contributed by atoms with Gasteiger partial charge in [-0.05, 0) is 31.1 Å². The normalized spacial score (nSPS) is 21.6. The number of nitrogens with one attached hydrogen (secondary N) is 1. The van der Waals surface area contributed by atoms with Crippen LogP contribution in [0.15, 0.2) is 0 Å². The van der Waals surface area contributed by atoms with E-state index in [-0.39, 0.29) is 0 Å². The van der Waals surface area contributed by atoms with Crippen LogP contribution in [0, 0.1) is 5.92 Å². The Morgan fingerprint density at radius 2 is 1.73 bits per heavy atom. The second-order valence-corrected chi connectivity index (χ2v) is 6.64. The maximum atomic E-state index is 3.53. The summed E-state index contributed by atoms with van der Waals surface area (Å²) in [5.41, 5.74) is 0. The molecule has 0 aromatic rings. The predicted octanol–water partition coefficient (Wildman–Crippen LogP) is 3.69. The second kappa shape index (κ2) is 7.56. The minimum absolute atomic E-state index is 0.746. The molecule has 0 radical (unpaired) electrons. The number of hydrogen-bond donors (Lipinski definition) is 1. The molecule has 0 spiro atoms. The number of rotatable bonds is 5. The van der Waals surface area contributed by atoms with Crippen LogP contribution in [-0.4, -0.2) is 24.1 Å². The van der Waals surface area contributed by atoms with Crippen molar-refractivity contribution in [3.63, 3.8) is 0 Å². The van der Waals surface area contributed by atoms with Gasteiger partial charge in [0, 0.05) is 11.8 Å². The maximum absolute atomic E-state index is 3.53. The van der Waals surface area contributed by atoms with Gasteiger partial charge in [0.25, 0.3) is 0 Å². The van der Waals surface area contributed by atoms with Crippen LogP contribution in [0.4, 0.5) is 0 Å². The van der Waals surface area contributed by atoms with Gasteiger partial charge >= 0.3 is 0 Å². The molecule has 0 aliphatic heterocycles. The lowest BCUT2D eigenvalue weighted by atomic mass is 9.93. The van der Waals surface area contributed by atoms with Crippen molar-refractivity contribution in [2.75, 3.05) is 12.8 Å². The fourth-order valence-electron chi connectivity index (χ4n) is 2.46. The van der Waals surface area contributed by atoms with Crippen LogP contribution in [0.5, 0.6) is 0 Å². The SMILES string of the molecule is CNC(CSC(C)C)C1CCCCCC1. The maximum Gasteiger partial charge on any atom is 0.0183 e. The van der Waals surface area contributed by atoms with E-state index in [1.165, 1.54) is 44.3 Å². The Morgan fingerprint density at radius 3 is 2.20 bits per heavy atom. The molecule has 0 saturated heterocycles. The van der Waals surface area contributed by atoms with E-state index in [0.29, 0.717) is 0 Å². The fourth-order valence-corrected chi connectivity index (χ4v) is 3.50. The van der Waals surface area contributed by atoms with E-state index in [0.717, 1.165) is 17.2 Å². The van der Waals surface area contributed by atoms with E-state index < -0.39 is 0 Å². The molecule has 0 aromatic heterocycles. The van der Waals surface area contributed by atoms with E-state index in [9.17, 15) is 0 Å². The topological polar surface area (TPSA) is 12.0 Å². The molecule has 0 bridgehead atoms. The first-order chi connectivity index (χ1) is 7.24. The van der Waals surface area contributed by atoms with Crippen LogP contribution in [0.1, 0.15) is 52.4 Å². The molecular weight excluding hydrogens is 202 g/mol. The minimum atomic E-state index is 0.746. The van der Waals surface area contributed by atoms with E-state index in [1.54, 1.807) is 0 Å². The summed E-state index contributed by atoms with van der Waals surface area (Å²) < 4.78 is 0. The van der Waals surface area contributed by atoms with Crippen LogP contribution in [0.25, 0.3) is 0 Å². The number of hydrogen-bond acceptors (Lipinski definition) is 2. The molecule has 2 heteroatoms. The Labute approximate surface area is 99.8 Å². The summed E-state index contributed by atoms with van der Waals surface area (Å²) in [7, 11) is 2.14. The quantitative estimate of drug-likeness (QED) is 0.722. The van der Waals surface area contributed by atoms with Crippen LogP contribution in [0.3, 0.4) is 0 Å². The van der Waals surface area contributed by atoms with E-state index in [4.69, 9.17) is 0 Å². The highest BCUT2D eigenvalue weighted by Crippen LogP contribution is 2.27. The predicted molar refractivity (Wildman–Crippen MR) is 71.6 cm³/mol. The van der Waals surface area contributed by atoms with Crippen LogP contribution in [-0.2, 0) is 0 Å². The lowest BCUT2D eigenvalue weighted by Gasteiger charge is -2.26. The molecule has 1 aliphatic carbocycles. The monoisotopic (exact) mass is 229 g/mol. The third-order valence-electron chi connectivity index (χ3n) is 3.45.